The van der Waals surface area contributed by atoms with E-state index < -0.39 is 0 Å². The Morgan fingerprint density at radius 3 is 2.62 bits per heavy atom. The minimum atomic E-state index is -0.0752. The predicted octanol–water partition coefficient (Wildman–Crippen LogP) is 4.20. The smallest absolute Gasteiger partial charge is 0.146 e. The number of halogens is 1. The van der Waals surface area contributed by atoms with Gasteiger partial charge in [-0.1, -0.05) is 32.9 Å². The van der Waals surface area contributed by atoms with Gasteiger partial charge in [-0.15, -0.1) is 0 Å². The molecule has 1 fully saturated rings. The quantitative estimate of drug-likeness (QED) is 0.791. The number of benzene rings is 1. The van der Waals surface area contributed by atoms with E-state index in [4.69, 9.17) is 0 Å². The number of hydrogen-bond acceptors (Lipinski definition) is 2. The lowest BCUT2D eigenvalue weighted by molar-refractivity contribution is 0.310. The van der Waals surface area contributed by atoms with Gasteiger partial charge in [0.1, 0.15) is 5.82 Å². The lowest BCUT2D eigenvalue weighted by Gasteiger charge is -2.36. The Morgan fingerprint density at radius 1 is 1.29 bits per heavy atom. The van der Waals surface area contributed by atoms with E-state index >= 15 is 0 Å². The van der Waals surface area contributed by atoms with Crippen LogP contribution in [0.3, 0.4) is 0 Å². The fourth-order valence-corrected chi connectivity index (χ4v) is 3.25. The molecule has 1 N–H and O–H groups in total. The fraction of sp³-hybridized carbons (Fsp3) is 0.667. The second-order valence-electron chi connectivity index (χ2n) is 6.49. The summed E-state index contributed by atoms with van der Waals surface area (Å²) in [5.41, 5.74) is 1.91. The van der Waals surface area contributed by atoms with E-state index in [2.05, 4.69) is 37.1 Å². The molecule has 0 bridgehead atoms. The van der Waals surface area contributed by atoms with Crippen molar-refractivity contribution in [1.29, 1.82) is 0 Å². The van der Waals surface area contributed by atoms with Gasteiger partial charge in [0, 0.05) is 19.6 Å². The molecule has 1 aromatic carbocycles. The molecule has 1 aromatic rings. The van der Waals surface area contributed by atoms with Crippen molar-refractivity contribution in [2.75, 3.05) is 24.5 Å². The molecule has 0 aliphatic carbocycles. The minimum Gasteiger partial charge on any atom is -0.369 e. The minimum absolute atomic E-state index is 0.0752. The van der Waals surface area contributed by atoms with E-state index in [0.29, 0.717) is 0 Å². The van der Waals surface area contributed by atoms with Gasteiger partial charge in [0.05, 0.1) is 5.69 Å². The highest BCUT2D eigenvalue weighted by Crippen LogP contribution is 2.31. The van der Waals surface area contributed by atoms with E-state index in [1.165, 1.54) is 12.8 Å². The number of nitrogens with one attached hydrogen (secondary N) is 1. The van der Waals surface area contributed by atoms with E-state index in [0.717, 1.165) is 55.7 Å². The third-order valence-electron chi connectivity index (χ3n) is 4.61. The first kappa shape index (κ1) is 16.3. The van der Waals surface area contributed by atoms with Crippen LogP contribution in [-0.2, 0) is 6.54 Å². The summed E-state index contributed by atoms with van der Waals surface area (Å²) in [6, 6.07) is 5.46. The van der Waals surface area contributed by atoms with Gasteiger partial charge < -0.3 is 10.2 Å². The van der Waals surface area contributed by atoms with Gasteiger partial charge >= 0.3 is 0 Å². The van der Waals surface area contributed by atoms with Gasteiger partial charge in [0.2, 0.25) is 0 Å². The molecule has 1 saturated heterocycles. The number of hydrogen-bond donors (Lipinski definition) is 1. The summed E-state index contributed by atoms with van der Waals surface area (Å²) in [5, 5.41) is 3.39. The monoisotopic (exact) mass is 292 g/mol. The number of anilines is 1. The summed E-state index contributed by atoms with van der Waals surface area (Å²) in [7, 11) is 0. The molecule has 0 spiro atoms. The van der Waals surface area contributed by atoms with Crippen molar-refractivity contribution in [3.8, 4) is 0 Å². The molecule has 0 saturated carbocycles. The van der Waals surface area contributed by atoms with E-state index in [9.17, 15) is 4.39 Å². The highest BCUT2D eigenvalue weighted by molar-refractivity contribution is 5.55. The van der Waals surface area contributed by atoms with Crippen LogP contribution >= 0.6 is 0 Å². The van der Waals surface area contributed by atoms with E-state index in [-0.39, 0.29) is 5.82 Å². The summed E-state index contributed by atoms with van der Waals surface area (Å²) >= 11 is 0. The Morgan fingerprint density at radius 2 is 2.00 bits per heavy atom. The molecule has 21 heavy (non-hydrogen) atoms. The van der Waals surface area contributed by atoms with E-state index in [1.807, 2.05) is 6.07 Å². The van der Waals surface area contributed by atoms with Crippen LogP contribution < -0.4 is 10.2 Å². The van der Waals surface area contributed by atoms with E-state index in [1.54, 1.807) is 6.07 Å². The van der Waals surface area contributed by atoms with Crippen molar-refractivity contribution >= 4 is 5.69 Å². The second-order valence-corrected chi connectivity index (χ2v) is 6.49. The lowest BCUT2D eigenvalue weighted by atomic mass is 9.86. The first-order chi connectivity index (χ1) is 10.1. The molecular formula is C18H29FN2. The zero-order valence-corrected chi connectivity index (χ0v) is 13.7. The lowest BCUT2D eigenvalue weighted by Crippen LogP contribution is -2.36. The summed E-state index contributed by atoms with van der Waals surface area (Å²) in [5.74, 6) is 1.45. The topological polar surface area (TPSA) is 15.3 Å². The molecule has 0 atom stereocenters. The van der Waals surface area contributed by atoms with Crippen LogP contribution in [0.4, 0.5) is 10.1 Å². The van der Waals surface area contributed by atoms with Gasteiger partial charge in [0.15, 0.2) is 0 Å². The standard InChI is InChI=1S/C18H29FN2/c1-4-10-20-13-16-6-5-7-17(19)18(16)21-11-8-15(9-12-21)14(2)3/h5-7,14-15,20H,4,8-13H2,1-3H3. The first-order valence-corrected chi connectivity index (χ1v) is 8.36. The maximum atomic E-state index is 14.3. The molecule has 2 nitrogen and oxygen atoms in total. The average molecular weight is 292 g/mol. The Labute approximate surface area is 128 Å². The molecule has 3 heteroatoms. The Hall–Kier alpha value is -1.09. The maximum Gasteiger partial charge on any atom is 0.146 e. The van der Waals surface area contributed by atoms with Crippen molar-refractivity contribution in [3.05, 3.63) is 29.6 Å². The van der Waals surface area contributed by atoms with Crippen LogP contribution in [0.15, 0.2) is 18.2 Å². The molecule has 0 amide bonds. The Bertz CT molecular complexity index is 437. The molecule has 1 heterocycles. The van der Waals surface area contributed by atoms with Crippen molar-refractivity contribution in [3.63, 3.8) is 0 Å². The van der Waals surface area contributed by atoms with Crippen molar-refractivity contribution in [2.24, 2.45) is 11.8 Å². The molecule has 0 radical (unpaired) electrons. The molecule has 1 aliphatic rings. The van der Waals surface area contributed by atoms with Crippen LogP contribution in [0.25, 0.3) is 0 Å². The van der Waals surface area contributed by atoms with Gasteiger partial charge in [-0.3, -0.25) is 0 Å². The van der Waals surface area contributed by atoms with Crippen LogP contribution in [-0.4, -0.2) is 19.6 Å². The summed E-state index contributed by atoms with van der Waals surface area (Å²) in [4.78, 5) is 2.25. The number of para-hydroxylation sites is 1. The van der Waals surface area contributed by atoms with Crippen LogP contribution in [0, 0.1) is 17.7 Å². The number of rotatable bonds is 6. The van der Waals surface area contributed by atoms with Gasteiger partial charge in [-0.05, 0) is 49.3 Å². The van der Waals surface area contributed by atoms with Gasteiger partial charge in [0.25, 0.3) is 0 Å². The number of piperidine rings is 1. The maximum absolute atomic E-state index is 14.3. The fourth-order valence-electron chi connectivity index (χ4n) is 3.25. The second kappa shape index (κ2) is 7.79. The number of nitrogens with zero attached hydrogens (tertiary/aromatic N) is 1. The first-order valence-electron chi connectivity index (χ1n) is 8.36. The summed E-state index contributed by atoms with van der Waals surface area (Å²) in [6.07, 6.45) is 3.45. The molecule has 2 rings (SSSR count). The SMILES string of the molecule is CCCNCc1cccc(F)c1N1CCC(C(C)C)CC1. The Kier molecular flexibility index (Phi) is 6.04. The summed E-state index contributed by atoms with van der Waals surface area (Å²) in [6.45, 7) is 10.4. The van der Waals surface area contributed by atoms with Crippen LogP contribution in [0.1, 0.15) is 45.6 Å². The Balaban J connectivity index is 2.08. The third kappa shape index (κ3) is 4.19. The molecule has 118 valence electrons. The largest absolute Gasteiger partial charge is 0.369 e. The average Bonchev–Trinajstić information content (AvgIpc) is 2.48. The molecule has 0 unspecified atom stereocenters. The zero-order chi connectivity index (χ0) is 15.2. The van der Waals surface area contributed by atoms with Crippen LogP contribution in [0.2, 0.25) is 0 Å². The summed E-state index contributed by atoms with van der Waals surface area (Å²) < 4.78 is 14.3. The van der Waals surface area contributed by atoms with Gasteiger partial charge in [-0.25, -0.2) is 4.39 Å². The normalized spacial score (nSPS) is 16.7. The van der Waals surface area contributed by atoms with Crippen molar-refractivity contribution in [2.45, 2.75) is 46.6 Å². The van der Waals surface area contributed by atoms with Gasteiger partial charge in [-0.2, -0.15) is 0 Å². The third-order valence-corrected chi connectivity index (χ3v) is 4.61. The highest BCUT2D eigenvalue weighted by atomic mass is 19.1. The molecule has 1 aliphatic heterocycles. The molecular weight excluding hydrogens is 263 g/mol. The zero-order valence-electron chi connectivity index (χ0n) is 13.7. The molecule has 0 aromatic heterocycles. The van der Waals surface area contributed by atoms with Crippen molar-refractivity contribution in [1.82, 2.24) is 5.32 Å². The predicted molar refractivity (Wildman–Crippen MR) is 88.2 cm³/mol. The van der Waals surface area contributed by atoms with Crippen LogP contribution in [0.5, 0.6) is 0 Å². The van der Waals surface area contributed by atoms with Crippen molar-refractivity contribution < 1.29 is 4.39 Å². The highest BCUT2D eigenvalue weighted by Gasteiger charge is 2.24.